The van der Waals surface area contributed by atoms with Gasteiger partial charge in [-0.05, 0) is 7.05 Å². The van der Waals surface area contributed by atoms with Crippen molar-refractivity contribution in [3.05, 3.63) is 6.67 Å². The number of nitriles is 1. The van der Waals surface area contributed by atoms with Crippen LogP contribution in [0, 0.1) is 18.0 Å². The van der Waals surface area contributed by atoms with Crippen LogP contribution in [0.2, 0.25) is 0 Å². The van der Waals surface area contributed by atoms with Gasteiger partial charge in [0.15, 0.2) is 6.67 Å². The lowest BCUT2D eigenvalue weighted by Gasteiger charge is -2.05. The maximum atomic E-state index is 8.31. The number of hydrogen-bond acceptors (Lipinski definition) is 3. The fraction of sp³-hybridized carbons (Fsp3) is 0.400. The molecule has 1 aliphatic heterocycles. The molecule has 0 amide bonds. The van der Waals surface area contributed by atoms with E-state index in [0.29, 0.717) is 0 Å². The van der Waals surface area contributed by atoms with Gasteiger partial charge in [0.25, 0.3) is 0 Å². The number of nitrogens with zero attached hydrogens (tertiary/aromatic N) is 3. The van der Waals surface area contributed by atoms with Gasteiger partial charge in [-0.15, -0.1) is 0 Å². The van der Waals surface area contributed by atoms with Gasteiger partial charge in [-0.25, -0.2) is 0 Å². The van der Waals surface area contributed by atoms with Crippen LogP contribution < -0.4 is 0 Å². The van der Waals surface area contributed by atoms with Gasteiger partial charge in [0.2, 0.25) is 0 Å². The van der Waals surface area contributed by atoms with E-state index in [0.717, 1.165) is 0 Å². The lowest BCUT2D eigenvalue weighted by Crippen LogP contribution is -2.22. The molecule has 0 fully saturated rings. The van der Waals surface area contributed by atoms with Crippen LogP contribution in [-0.2, 0) is 0 Å². The Balaban J connectivity index is 2.57. The van der Waals surface area contributed by atoms with Gasteiger partial charge in [0.1, 0.15) is 6.04 Å². The van der Waals surface area contributed by atoms with E-state index in [1.807, 2.05) is 6.07 Å². The molecule has 3 nitrogen and oxygen atoms in total. The lowest BCUT2D eigenvalue weighted by molar-refractivity contribution is 0.437. The van der Waals surface area contributed by atoms with Crippen molar-refractivity contribution >= 4 is 6.21 Å². The Kier molecular flexibility index (Phi) is 1.27. The predicted octanol–water partition coefficient (Wildman–Crippen LogP) is -0.109. The molecule has 1 rings (SSSR count). The maximum absolute atomic E-state index is 8.31. The molecule has 2 radical (unpaired) electrons. The van der Waals surface area contributed by atoms with Crippen LogP contribution in [0.5, 0.6) is 0 Å². The molecule has 1 heterocycles. The van der Waals surface area contributed by atoms with E-state index in [1.165, 1.54) is 0 Å². The molecule has 0 saturated carbocycles. The third-order valence-electron chi connectivity index (χ3n) is 0.981. The highest BCUT2D eigenvalue weighted by atomic mass is 15.2. The summed E-state index contributed by atoms with van der Waals surface area (Å²) in [6, 6.07) is 1.83. The highest BCUT2D eigenvalue weighted by Crippen LogP contribution is 2.02. The molecule has 0 N–H and O–H groups in total. The highest BCUT2D eigenvalue weighted by molar-refractivity contribution is 5.70. The summed E-state index contributed by atoms with van der Waals surface area (Å²) in [4.78, 5) is 5.27. The lowest BCUT2D eigenvalue weighted by atomic mass is 10.4. The fourth-order valence-electron chi connectivity index (χ4n) is 0.477. The molecule has 1 unspecified atom stereocenters. The Bertz CT molecular complexity index is 144. The van der Waals surface area contributed by atoms with Crippen molar-refractivity contribution in [1.29, 1.82) is 5.26 Å². The van der Waals surface area contributed by atoms with Gasteiger partial charge in [-0.3, -0.25) is 9.89 Å². The Hall–Kier alpha value is -0.880. The molecule has 0 aromatic heterocycles. The molecule has 8 heavy (non-hydrogen) atoms. The minimum atomic E-state index is -0.199. The Morgan fingerprint density at radius 2 is 2.75 bits per heavy atom. The summed E-state index contributed by atoms with van der Waals surface area (Å²) >= 11 is 0. The molecule has 40 valence electrons. The second kappa shape index (κ2) is 1.93. The first kappa shape index (κ1) is 5.26. The Labute approximate surface area is 48.2 Å². The molecule has 0 spiro atoms. The summed E-state index contributed by atoms with van der Waals surface area (Å²) in [5.41, 5.74) is 0. The van der Waals surface area contributed by atoms with Crippen LogP contribution in [0.15, 0.2) is 4.99 Å². The molecule has 0 aromatic carbocycles. The highest BCUT2D eigenvalue weighted by Gasteiger charge is 2.15. The first-order valence-corrected chi connectivity index (χ1v) is 2.26. The zero-order valence-corrected chi connectivity index (χ0v) is 4.50. The van der Waals surface area contributed by atoms with Gasteiger partial charge >= 0.3 is 0 Å². The van der Waals surface area contributed by atoms with E-state index in [9.17, 15) is 0 Å². The SMILES string of the molecule is CN1[C]N=CC1C#N. The molecule has 0 aromatic rings. The second-order valence-electron chi connectivity index (χ2n) is 1.56. The van der Waals surface area contributed by atoms with Crippen LogP contribution >= 0.6 is 0 Å². The molecule has 0 aliphatic carbocycles. The average Bonchev–Trinajstić information content (AvgIpc) is 2.14. The Morgan fingerprint density at radius 3 is 3.00 bits per heavy atom. The summed E-state index contributed by atoms with van der Waals surface area (Å²) in [5.74, 6) is 0. The van der Waals surface area contributed by atoms with E-state index in [2.05, 4.69) is 11.7 Å². The third-order valence-corrected chi connectivity index (χ3v) is 0.981. The largest absolute Gasteiger partial charge is 0.264 e. The van der Waals surface area contributed by atoms with Crippen LogP contribution in [0.1, 0.15) is 0 Å². The van der Waals surface area contributed by atoms with Gasteiger partial charge in [0.05, 0.1) is 6.07 Å². The average molecular weight is 107 g/mol. The first-order valence-electron chi connectivity index (χ1n) is 2.26. The quantitative estimate of drug-likeness (QED) is 0.433. The van der Waals surface area contributed by atoms with Gasteiger partial charge in [0, 0.05) is 6.21 Å². The summed E-state index contributed by atoms with van der Waals surface area (Å²) in [6.07, 6.45) is 1.56. The van der Waals surface area contributed by atoms with E-state index in [4.69, 9.17) is 5.26 Å². The van der Waals surface area contributed by atoms with Crippen LogP contribution in [-0.4, -0.2) is 24.2 Å². The zero-order valence-electron chi connectivity index (χ0n) is 4.50. The van der Waals surface area contributed by atoms with Gasteiger partial charge in [-0.2, -0.15) is 5.26 Å². The molecule has 3 heteroatoms. The molecule has 0 bridgehead atoms. The molecule has 1 aliphatic rings. The second-order valence-corrected chi connectivity index (χ2v) is 1.56. The standard InChI is InChI=1S/C5H5N3/c1-8-4-7-3-5(8)2-6/h3,5H,1H3. The van der Waals surface area contributed by atoms with Crippen molar-refractivity contribution in [2.75, 3.05) is 7.05 Å². The molecular formula is C5H5N3. The fourth-order valence-corrected chi connectivity index (χ4v) is 0.477. The summed E-state index contributed by atoms with van der Waals surface area (Å²) < 4.78 is 0. The van der Waals surface area contributed by atoms with Gasteiger partial charge in [-0.1, -0.05) is 0 Å². The Morgan fingerprint density at radius 1 is 2.00 bits per heavy atom. The minimum absolute atomic E-state index is 0.199. The van der Waals surface area contributed by atoms with Crippen molar-refractivity contribution < 1.29 is 0 Å². The van der Waals surface area contributed by atoms with E-state index >= 15 is 0 Å². The zero-order chi connectivity index (χ0) is 5.98. The summed E-state index contributed by atoms with van der Waals surface area (Å²) in [6.45, 7) is 2.60. The summed E-state index contributed by atoms with van der Waals surface area (Å²) in [5, 5.41) is 8.31. The topological polar surface area (TPSA) is 39.4 Å². The van der Waals surface area contributed by atoms with Crippen molar-refractivity contribution in [3.63, 3.8) is 0 Å². The molecule has 1 atom stereocenters. The van der Waals surface area contributed by atoms with Crippen molar-refractivity contribution in [2.24, 2.45) is 4.99 Å². The summed E-state index contributed by atoms with van der Waals surface area (Å²) in [7, 11) is 1.76. The predicted molar refractivity (Wildman–Crippen MR) is 28.9 cm³/mol. The first-order chi connectivity index (χ1) is 3.84. The van der Waals surface area contributed by atoms with Crippen LogP contribution in [0.4, 0.5) is 0 Å². The van der Waals surface area contributed by atoms with E-state index in [-0.39, 0.29) is 6.04 Å². The monoisotopic (exact) mass is 107 g/mol. The van der Waals surface area contributed by atoms with Crippen molar-refractivity contribution in [2.45, 2.75) is 6.04 Å². The smallest absolute Gasteiger partial charge is 0.199 e. The number of aliphatic imine (C=N–C) groups is 1. The number of rotatable bonds is 0. The minimum Gasteiger partial charge on any atom is -0.264 e. The van der Waals surface area contributed by atoms with Crippen molar-refractivity contribution in [3.8, 4) is 6.07 Å². The van der Waals surface area contributed by atoms with E-state index in [1.54, 1.807) is 18.2 Å². The normalized spacial score (nSPS) is 28.2. The maximum Gasteiger partial charge on any atom is 0.199 e. The van der Waals surface area contributed by atoms with Crippen molar-refractivity contribution in [1.82, 2.24) is 4.90 Å². The molecular weight excluding hydrogens is 102 g/mol. The van der Waals surface area contributed by atoms with Crippen LogP contribution in [0.3, 0.4) is 0 Å². The van der Waals surface area contributed by atoms with Crippen LogP contribution in [0.25, 0.3) is 0 Å². The molecule has 0 saturated heterocycles. The van der Waals surface area contributed by atoms with E-state index < -0.39 is 0 Å². The third kappa shape index (κ3) is 0.703. The number of hydrogen-bond donors (Lipinski definition) is 0. The van der Waals surface area contributed by atoms with Gasteiger partial charge < -0.3 is 0 Å².